The molecule has 0 atom stereocenters. The van der Waals surface area contributed by atoms with Gasteiger partial charge < -0.3 is 18.6 Å². The van der Waals surface area contributed by atoms with Gasteiger partial charge in [-0.2, -0.15) is 0 Å². The molecule has 164 valence electrons. The van der Waals surface area contributed by atoms with Gasteiger partial charge in [-0.3, -0.25) is 0 Å². The number of rotatable bonds is 5. The molecule has 0 unspecified atom stereocenters. The predicted molar refractivity (Wildman–Crippen MR) is 128 cm³/mol. The molecule has 0 bridgehead atoms. The monoisotopic (exact) mass is 439 g/mol. The van der Waals surface area contributed by atoms with Gasteiger partial charge in [-0.15, -0.1) is 0 Å². The van der Waals surface area contributed by atoms with Gasteiger partial charge in [0.25, 0.3) is 0 Å². The minimum absolute atomic E-state index is 0.391. The van der Waals surface area contributed by atoms with Crippen LogP contribution in [0.3, 0.4) is 0 Å². The minimum Gasteiger partial charge on any atom is -0.493 e. The van der Waals surface area contributed by atoms with Crippen molar-refractivity contribution in [2.24, 2.45) is 0 Å². The Morgan fingerprint density at radius 3 is 2.09 bits per heavy atom. The zero-order chi connectivity index (χ0) is 22.9. The number of methoxy groups -OCH3 is 3. The molecule has 0 spiro atoms. The largest absolute Gasteiger partial charge is 0.493 e. The summed E-state index contributed by atoms with van der Waals surface area (Å²) in [7, 11) is 4.67. The fourth-order valence-electron chi connectivity index (χ4n) is 4.07. The van der Waals surface area contributed by atoms with Crippen molar-refractivity contribution < 1.29 is 18.6 Å². The summed E-state index contributed by atoms with van der Waals surface area (Å²) in [6, 6.07) is 22.8. The number of nitrogens with zero attached hydrogens (tertiary/aromatic N) is 1. The Morgan fingerprint density at radius 2 is 1.42 bits per heavy atom. The standard InChI is InChI=1S/C27H21NO5/c1-30-22-13-17(14-23(31-2)26(22)32-3)19-15-20(16-9-5-4-6-10-16)28-25-18-11-7-8-12-21(18)33-27(29)24(19)25/h4-15H,1-3H3. The second kappa shape index (κ2) is 8.31. The lowest BCUT2D eigenvalue weighted by molar-refractivity contribution is 0.324. The normalized spacial score (nSPS) is 11.0. The molecule has 33 heavy (non-hydrogen) atoms. The topological polar surface area (TPSA) is 70.8 Å². The van der Waals surface area contributed by atoms with Crippen molar-refractivity contribution in [1.82, 2.24) is 4.98 Å². The van der Waals surface area contributed by atoms with Gasteiger partial charge in [-0.25, -0.2) is 9.78 Å². The third-order valence-electron chi connectivity index (χ3n) is 5.61. The van der Waals surface area contributed by atoms with E-state index in [1.165, 1.54) is 0 Å². The van der Waals surface area contributed by atoms with E-state index in [9.17, 15) is 4.79 Å². The van der Waals surface area contributed by atoms with Gasteiger partial charge in [0.05, 0.1) is 37.9 Å². The Morgan fingerprint density at radius 1 is 0.758 bits per heavy atom. The lowest BCUT2D eigenvalue weighted by atomic mass is 9.97. The van der Waals surface area contributed by atoms with Crippen molar-refractivity contribution in [3.05, 3.63) is 83.2 Å². The summed E-state index contributed by atoms with van der Waals surface area (Å²) in [6.45, 7) is 0. The maximum Gasteiger partial charge on any atom is 0.346 e. The molecule has 6 heteroatoms. The van der Waals surface area contributed by atoms with Crippen molar-refractivity contribution >= 4 is 21.9 Å². The molecule has 0 aliphatic heterocycles. The molecule has 2 aromatic heterocycles. The average molecular weight is 439 g/mol. The minimum atomic E-state index is -0.459. The number of benzene rings is 3. The van der Waals surface area contributed by atoms with E-state index in [1.807, 2.05) is 66.7 Å². The third-order valence-corrected chi connectivity index (χ3v) is 5.61. The van der Waals surface area contributed by atoms with Gasteiger partial charge in [-0.1, -0.05) is 42.5 Å². The number of pyridine rings is 1. The van der Waals surface area contributed by atoms with Crippen LogP contribution in [0.5, 0.6) is 17.2 Å². The molecule has 0 radical (unpaired) electrons. The first kappa shape index (κ1) is 20.6. The molecule has 0 amide bonds. The van der Waals surface area contributed by atoms with Crippen LogP contribution in [0.4, 0.5) is 0 Å². The Balaban J connectivity index is 1.93. The van der Waals surface area contributed by atoms with Crippen LogP contribution in [-0.4, -0.2) is 26.3 Å². The van der Waals surface area contributed by atoms with Crippen molar-refractivity contribution in [3.63, 3.8) is 0 Å². The third kappa shape index (κ3) is 3.46. The number of hydrogen-bond donors (Lipinski definition) is 0. The van der Waals surface area contributed by atoms with Gasteiger partial charge in [0, 0.05) is 16.5 Å². The fourth-order valence-corrected chi connectivity index (χ4v) is 4.07. The first-order valence-corrected chi connectivity index (χ1v) is 10.4. The van der Waals surface area contributed by atoms with Crippen LogP contribution in [0.1, 0.15) is 0 Å². The molecular weight excluding hydrogens is 418 g/mol. The highest BCUT2D eigenvalue weighted by Gasteiger charge is 2.20. The zero-order valence-corrected chi connectivity index (χ0v) is 18.4. The fraction of sp³-hybridized carbons (Fsp3) is 0.111. The second-order valence-electron chi connectivity index (χ2n) is 7.44. The van der Waals surface area contributed by atoms with E-state index in [0.29, 0.717) is 39.3 Å². The van der Waals surface area contributed by atoms with Crippen LogP contribution >= 0.6 is 0 Å². The molecule has 0 saturated heterocycles. The van der Waals surface area contributed by atoms with Gasteiger partial charge in [-0.05, 0) is 35.9 Å². The van der Waals surface area contributed by atoms with Gasteiger partial charge in [0.2, 0.25) is 5.75 Å². The highest BCUT2D eigenvalue weighted by molar-refractivity contribution is 6.08. The Kier molecular flexibility index (Phi) is 5.18. The van der Waals surface area contributed by atoms with Crippen LogP contribution in [0.15, 0.2) is 82.0 Å². The van der Waals surface area contributed by atoms with Crippen molar-refractivity contribution in [2.45, 2.75) is 0 Å². The van der Waals surface area contributed by atoms with Gasteiger partial charge >= 0.3 is 5.63 Å². The van der Waals surface area contributed by atoms with Gasteiger partial charge in [0.15, 0.2) is 11.5 Å². The maximum atomic E-state index is 13.2. The summed E-state index contributed by atoms with van der Waals surface area (Å²) in [5.74, 6) is 1.45. The number of aromatic nitrogens is 1. The van der Waals surface area contributed by atoms with Gasteiger partial charge in [0.1, 0.15) is 5.58 Å². The van der Waals surface area contributed by atoms with E-state index in [-0.39, 0.29) is 0 Å². The number of ether oxygens (including phenoxy) is 3. The zero-order valence-electron chi connectivity index (χ0n) is 18.4. The summed E-state index contributed by atoms with van der Waals surface area (Å²) < 4.78 is 22.2. The highest BCUT2D eigenvalue weighted by Crippen LogP contribution is 2.43. The lowest BCUT2D eigenvalue weighted by Gasteiger charge is -2.16. The number of hydrogen-bond acceptors (Lipinski definition) is 6. The molecule has 5 rings (SSSR count). The molecule has 0 aliphatic carbocycles. The van der Waals surface area contributed by atoms with E-state index in [0.717, 1.165) is 22.2 Å². The average Bonchev–Trinajstić information content (AvgIpc) is 2.87. The Bertz CT molecular complexity index is 1510. The number of fused-ring (bicyclic) bond motifs is 3. The van der Waals surface area contributed by atoms with Crippen molar-refractivity contribution in [3.8, 4) is 39.6 Å². The van der Waals surface area contributed by atoms with E-state index in [4.69, 9.17) is 23.6 Å². The molecule has 0 saturated carbocycles. The Labute approximate surface area is 190 Å². The van der Waals surface area contributed by atoms with E-state index in [1.54, 1.807) is 27.4 Å². The lowest BCUT2D eigenvalue weighted by Crippen LogP contribution is -2.05. The summed E-state index contributed by atoms with van der Waals surface area (Å²) in [6.07, 6.45) is 0. The molecule has 0 aliphatic rings. The summed E-state index contributed by atoms with van der Waals surface area (Å²) >= 11 is 0. The molecule has 5 aromatic rings. The van der Waals surface area contributed by atoms with E-state index in [2.05, 4.69) is 0 Å². The predicted octanol–water partition coefficient (Wildman–Crippen LogP) is 5.70. The Hall–Kier alpha value is -4.32. The van der Waals surface area contributed by atoms with Crippen LogP contribution < -0.4 is 19.8 Å². The van der Waals surface area contributed by atoms with Crippen LogP contribution in [0.25, 0.3) is 44.3 Å². The van der Waals surface area contributed by atoms with Crippen LogP contribution in [0, 0.1) is 0 Å². The van der Waals surface area contributed by atoms with Crippen molar-refractivity contribution in [2.75, 3.05) is 21.3 Å². The smallest absolute Gasteiger partial charge is 0.346 e. The molecule has 0 N–H and O–H groups in total. The molecule has 0 fully saturated rings. The SMILES string of the molecule is COc1cc(-c2cc(-c3ccccc3)nc3c2c(=O)oc2ccccc23)cc(OC)c1OC. The number of para-hydroxylation sites is 1. The van der Waals surface area contributed by atoms with E-state index >= 15 is 0 Å². The van der Waals surface area contributed by atoms with E-state index < -0.39 is 5.63 Å². The van der Waals surface area contributed by atoms with Crippen LogP contribution in [-0.2, 0) is 0 Å². The second-order valence-corrected chi connectivity index (χ2v) is 7.44. The maximum absolute atomic E-state index is 13.2. The summed E-state index contributed by atoms with van der Waals surface area (Å²) in [5.41, 5.74) is 3.66. The first-order valence-electron chi connectivity index (χ1n) is 10.4. The molecule has 3 aromatic carbocycles. The van der Waals surface area contributed by atoms with Crippen LogP contribution in [0.2, 0.25) is 0 Å². The quantitative estimate of drug-likeness (QED) is 0.258. The molecule has 2 heterocycles. The summed E-state index contributed by atoms with van der Waals surface area (Å²) in [5, 5.41) is 1.15. The molecule has 6 nitrogen and oxygen atoms in total. The first-order chi connectivity index (χ1) is 16.1. The highest BCUT2D eigenvalue weighted by atomic mass is 16.5. The molecular formula is C27H21NO5. The summed E-state index contributed by atoms with van der Waals surface area (Å²) in [4.78, 5) is 18.1. The van der Waals surface area contributed by atoms with Crippen molar-refractivity contribution in [1.29, 1.82) is 0 Å².